The molecular formula is C24H23O4P. The van der Waals surface area contributed by atoms with Crippen LogP contribution in [0.15, 0.2) is 72.8 Å². The van der Waals surface area contributed by atoms with Crippen LogP contribution in [0.4, 0.5) is 0 Å². The Morgan fingerprint density at radius 1 is 0.793 bits per heavy atom. The summed E-state index contributed by atoms with van der Waals surface area (Å²) >= 11 is 0. The van der Waals surface area contributed by atoms with Gasteiger partial charge in [-0.1, -0.05) is 54.6 Å². The number of hydrogen-bond acceptors (Lipinski definition) is 4. The molecule has 0 aliphatic rings. The molecule has 1 N–H and O–H groups in total. The first-order valence-corrected chi connectivity index (χ1v) is 11.2. The summed E-state index contributed by atoms with van der Waals surface area (Å²) in [6.45, 7) is 3.96. The van der Waals surface area contributed by atoms with Crippen molar-refractivity contribution >= 4 is 34.4 Å². The first-order valence-electron chi connectivity index (χ1n) is 9.71. The number of rotatable bonds is 6. The molecule has 4 rings (SSSR count). The summed E-state index contributed by atoms with van der Waals surface area (Å²) in [6, 6.07) is 23.7. The molecule has 0 aromatic heterocycles. The Morgan fingerprint density at radius 2 is 1.41 bits per heavy atom. The van der Waals surface area contributed by atoms with E-state index in [2.05, 4.69) is 30.3 Å². The Bertz CT molecular complexity index is 1220. The van der Waals surface area contributed by atoms with Crippen LogP contribution >= 0.6 is 7.60 Å². The van der Waals surface area contributed by atoms with Gasteiger partial charge in [0, 0.05) is 0 Å². The Kier molecular flexibility index (Phi) is 5.42. The first-order chi connectivity index (χ1) is 14.1. The average molecular weight is 406 g/mol. The fraction of sp³-hybridized carbons (Fsp3) is 0.167. The van der Waals surface area contributed by atoms with Gasteiger partial charge in [-0.15, -0.1) is 0 Å². The van der Waals surface area contributed by atoms with Crippen LogP contribution in [-0.2, 0) is 13.6 Å². The van der Waals surface area contributed by atoms with Gasteiger partial charge >= 0.3 is 7.60 Å². The van der Waals surface area contributed by atoms with Crippen molar-refractivity contribution in [2.75, 3.05) is 13.2 Å². The van der Waals surface area contributed by atoms with Crippen LogP contribution in [0, 0.1) is 0 Å². The molecule has 4 nitrogen and oxygen atoms in total. The van der Waals surface area contributed by atoms with E-state index in [1.165, 1.54) is 5.39 Å². The molecule has 4 aromatic carbocycles. The minimum Gasteiger partial charge on any atom is -0.507 e. The summed E-state index contributed by atoms with van der Waals surface area (Å²) in [5.41, 5.74) is 1.84. The number of fused-ring (bicyclic) bond motifs is 3. The predicted octanol–water partition coefficient (Wildman–Crippen LogP) is 6.26. The summed E-state index contributed by atoms with van der Waals surface area (Å²) in [6.07, 6.45) is 0. The van der Waals surface area contributed by atoms with Gasteiger partial charge in [-0.2, -0.15) is 0 Å². The zero-order valence-electron chi connectivity index (χ0n) is 16.5. The van der Waals surface area contributed by atoms with E-state index in [9.17, 15) is 9.67 Å². The van der Waals surface area contributed by atoms with Crippen LogP contribution in [0.5, 0.6) is 5.75 Å². The van der Waals surface area contributed by atoms with Crippen molar-refractivity contribution in [2.24, 2.45) is 0 Å². The zero-order chi connectivity index (χ0) is 20.4. The van der Waals surface area contributed by atoms with Crippen molar-refractivity contribution in [3.63, 3.8) is 0 Å². The highest BCUT2D eigenvalue weighted by Gasteiger charge is 2.30. The number of benzene rings is 4. The van der Waals surface area contributed by atoms with E-state index in [0.29, 0.717) is 0 Å². The van der Waals surface area contributed by atoms with Gasteiger partial charge in [0.15, 0.2) is 0 Å². The second kappa shape index (κ2) is 8.00. The molecule has 0 fully saturated rings. The Balaban J connectivity index is 1.91. The summed E-state index contributed by atoms with van der Waals surface area (Å²) in [7, 11) is -3.56. The molecule has 0 saturated heterocycles. The van der Waals surface area contributed by atoms with Crippen LogP contribution in [0.2, 0.25) is 0 Å². The van der Waals surface area contributed by atoms with Crippen LogP contribution in [0.1, 0.15) is 13.8 Å². The van der Waals surface area contributed by atoms with Gasteiger partial charge in [-0.25, -0.2) is 0 Å². The molecule has 0 heterocycles. The molecule has 0 aliphatic heterocycles. The largest absolute Gasteiger partial charge is 0.507 e. The molecule has 0 aliphatic carbocycles. The van der Waals surface area contributed by atoms with Gasteiger partial charge in [0.25, 0.3) is 0 Å². The first kappa shape index (κ1) is 19.7. The van der Waals surface area contributed by atoms with Crippen molar-refractivity contribution in [1.29, 1.82) is 0 Å². The minimum absolute atomic E-state index is 0.0926. The monoisotopic (exact) mass is 406 g/mol. The molecule has 0 bridgehead atoms. The SMILES string of the molecule is CCOP(=O)(OCC)c1ccc(-c2cc3ccccc3c3ccccc23)cc1O. The van der Waals surface area contributed by atoms with Crippen molar-refractivity contribution in [3.8, 4) is 16.9 Å². The lowest BCUT2D eigenvalue weighted by molar-refractivity contribution is 0.229. The lowest BCUT2D eigenvalue weighted by atomic mass is 9.93. The smallest absolute Gasteiger partial charge is 0.365 e. The highest BCUT2D eigenvalue weighted by Crippen LogP contribution is 2.49. The summed E-state index contributed by atoms with van der Waals surface area (Å²) in [4.78, 5) is 0. The molecule has 0 amide bonds. The van der Waals surface area contributed by atoms with E-state index < -0.39 is 7.60 Å². The quantitative estimate of drug-likeness (QED) is 0.303. The van der Waals surface area contributed by atoms with Gasteiger partial charge in [0.1, 0.15) is 11.1 Å². The fourth-order valence-electron chi connectivity index (χ4n) is 3.73. The van der Waals surface area contributed by atoms with E-state index in [-0.39, 0.29) is 24.3 Å². The minimum atomic E-state index is -3.56. The Labute approximate surface area is 170 Å². The summed E-state index contributed by atoms with van der Waals surface area (Å²) < 4.78 is 23.8. The average Bonchev–Trinajstić information content (AvgIpc) is 2.73. The van der Waals surface area contributed by atoms with E-state index in [0.717, 1.165) is 27.3 Å². The lowest BCUT2D eigenvalue weighted by Gasteiger charge is -2.19. The number of aromatic hydroxyl groups is 1. The van der Waals surface area contributed by atoms with E-state index in [1.807, 2.05) is 30.3 Å². The lowest BCUT2D eigenvalue weighted by Crippen LogP contribution is -2.11. The second-order valence-corrected chi connectivity index (χ2v) is 8.72. The van der Waals surface area contributed by atoms with Gasteiger partial charge < -0.3 is 14.2 Å². The molecule has 0 radical (unpaired) electrons. The van der Waals surface area contributed by atoms with Crippen molar-refractivity contribution < 1.29 is 18.7 Å². The molecule has 0 atom stereocenters. The normalized spacial score (nSPS) is 11.9. The van der Waals surface area contributed by atoms with E-state index in [4.69, 9.17) is 9.05 Å². The maximum Gasteiger partial charge on any atom is 0.365 e. The van der Waals surface area contributed by atoms with Crippen molar-refractivity contribution in [1.82, 2.24) is 0 Å². The predicted molar refractivity (Wildman–Crippen MR) is 119 cm³/mol. The number of hydrogen-bond donors (Lipinski definition) is 1. The van der Waals surface area contributed by atoms with Gasteiger partial charge in [0.2, 0.25) is 0 Å². The second-order valence-electron chi connectivity index (χ2n) is 6.73. The number of phenols is 1. The molecule has 4 aromatic rings. The summed E-state index contributed by atoms with van der Waals surface area (Å²) in [5.74, 6) is -0.0926. The highest BCUT2D eigenvalue weighted by atomic mass is 31.2. The topological polar surface area (TPSA) is 55.8 Å². The molecule has 0 saturated carbocycles. The zero-order valence-corrected chi connectivity index (χ0v) is 17.4. The molecule has 148 valence electrons. The van der Waals surface area contributed by atoms with Crippen LogP contribution < -0.4 is 5.30 Å². The Hall–Kier alpha value is -2.65. The maximum absolute atomic E-state index is 13.1. The standard InChI is InChI=1S/C24H23O4P/c1-3-27-29(26,28-4-2)24-14-13-18(16-23(24)25)22-15-17-9-5-6-10-19(17)20-11-7-8-12-21(20)22/h5-16,25H,3-4H2,1-2H3. The third-order valence-corrected chi connectivity index (χ3v) is 7.11. The third-order valence-electron chi connectivity index (χ3n) is 4.95. The highest BCUT2D eigenvalue weighted by molar-refractivity contribution is 7.62. The number of phenolic OH excluding ortho intramolecular Hbond substituents is 1. The van der Waals surface area contributed by atoms with Crippen molar-refractivity contribution in [3.05, 3.63) is 72.8 Å². The maximum atomic E-state index is 13.1. The third kappa shape index (κ3) is 3.56. The van der Waals surface area contributed by atoms with E-state index in [1.54, 1.807) is 26.0 Å². The fourth-order valence-corrected chi connectivity index (χ4v) is 5.37. The molecule has 0 spiro atoms. The van der Waals surface area contributed by atoms with Gasteiger partial charge in [-0.3, -0.25) is 4.57 Å². The molecular weight excluding hydrogens is 383 g/mol. The van der Waals surface area contributed by atoms with Crippen LogP contribution in [0.3, 0.4) is 0 Å². The van der Waals surface area contributed by atoms with E-state index >= 15 is 0 Å². The van der Waals surface area contributed by atoms with Gasteiger partial charge in [0.05, 0.1) is 13.2 Å². The summed E-state index contributed by atoms with van der Waals surface area (Å²) in [5, 5.41) is 15.4. The van der Waals surface area contributed by atoms with Crippen LogP contribution in [0.25, 0.3) is 32.7 Å². The van der Waals surface area contributed by atoms with Crippen LogP contribution in [-0.4, -0.2) is 18.3 Å². The Morgan fingerprint density at radius 3 is 2.07 bits per heavy atom. The van der Waals surface area contributed by atoms with Crippen molar-refractivity contribution in [2.45, 2.75) is 13.8 Å². The molecule has 29 heavy (non-hydrogen) atoms. The molecule has 0 unspecified atom stereocenters. The van der Waals surface area contributed by atoms with Gasteiger partial charge in [-0.05, 0) is 64.7 Å². The molecule has 5 heteroatoms.